The molecule has 5 heteroatoms. The molecule has 70 valence electrons. The van der Waals surface area contributed by atoms with E-state index in [4.69, 9.17) is 9.66 Å². The van der Waals surface area contributed by atoms with Gasteiger partial charge in [0.25, 0.3) is 10.1 Å². The van der Waals surface area contributed by atoms with Gasteiger partial charge in [0.15, 0.2) is 0 Å². The summed E-state index contributed by atoms with van der Waals surface area (Å²) in [6.45, 7) is 0. The third-order valence-corrected chi connectivity index (χ3v) is 1.78. The van der Waals surface area contributed by atoms with Gasteiger partial charge >= 0.3 is 0 Å². The molecule has 0 aromatic heterocycles. The zero-order chi connectivity index (χ0) is 9.90. The highest BCUT2D eigenvalue weighted by atomic mass is 32.2. The Morgan fingerprint density at radius 1 is 1.31 bits per heavy atom. The fourth-order valence-corrected chi connectivity index (χ4v) is 1.12. The van der Waals surface area contributed by atoms with Crippen LogP contribution >= 0.6 is 0 Å². The molecule has 0 bridgehead atoms. The lowest BCUT2D eigenvalue weighted by atomic mass is 10.2. The highest BCUT2D eigenvalue weighted by molar-refractivity contribution is 7.88. The first kappa shape index (κ1) is 9.76. The molecule has 0 saturated heterocycles. The smallest absolute Gasteiger partial charge is 0.287 e. The Morgan fingerprint density at radius 3 is 2.54 bits per heavy atom. The minimum atomic E-state index is -4.10. The van der Waals surface area contributed by atoms with Crippen LogP contribution in [0.1, 0.15) is 5.56 Å². The van der Waals surface area contributed by atoms with E-state index in [2.05, 4.69) is 0 Å². The van der Waals surface area contributed by atoms with Gasteiger partial charge in [-0.05, 0) is 23.8 Å². The maximum absolute atomic E-state index is 10.3. The van der Waals surface area contributed by atoms with Crippen LogP contribution in [0, 0.1) is 0 Å². The van der Waals surface area contributed by atoms with E-state index in [9.17, 15) is 8.42 Å². The summed E-state index contributed by atoms with van der Waals surface area (Å²) in [7, 11) is -4.10. The molecule has 0 amide bonds. The first-order valence-corrected chi connectivity index (χ1v) is 4.92. The zero-order valence-electron chi connectivity index (χ0n) is 6.58. The molecule has 0 radical (unpaired) electrons. The number of hydrogen-bond donors (Lipinski definition) is 2. The zero-order valence-corrected chi connectivity index (χ0v) is 7.40. The van der Waals surface area contributed by atoms with E-state index < -0.39 is 10.1 Å². The third-order valence-electron chi connectivity index (χ3n) is 1.30. The van der Waals surface area contributed by atoms with Crippen molar-refractivity contribution in [2.24, 2.45) is 0 Å². The lowest BCUT2D eigenvalue weighted by Crippen LogP contribution is -1.88. The van der Waals surface area contributed by atoms with Crippen molar-refractivity contribution in [2.45, 2.75) is 0 Å². The van der Waals surface area contributed by atoms with Gasteiger partial charge in [-0.25, -0.2) is 0 Å². The topological polar surface area (TPSA) is 74.6 Å². The summed E-state index contributed by atoms with van der Waals surface area (Å²) in [5.41, 5.74) is 0.498. The molecule has 13 heavy (non-hydrogen) atoms. The first-order valence-electron chi connectivity index (χ1n) is 3.42. The van der Waals surface area contributed by atoms with Gasteiger partial charge in [-0.3, -0.25) is 4.55 Å². The van der Waals surface area contributed by atoms with Crippen LogP contribution in [-0.4, -0.2) is 18.1 Å². The summed E-state index contributed by atoms with van der Waals surface area (Å²) < 4.78 is 29.0. The number of phenolic OH excluding ortho intramolecular Hbond substituents is 1. The van der Waals surface area contributed by atoms with Crippen LogP contribution < -0.4 is 0 Å². The molecule has 0 saturated carbocycles. The van der Waals surface area contributed by atoms with Crippen molar-refractivity contribution in [3.05, 3.63) is 35.2 Å². The van der Waals surface area contributed by atoms with Crippen LogP contribution in [0.4, 0.5) is 0 Å². The lowest BCUT2D eigenvalue weighted by molar-refractivity contribution is 0.475. The first-order chi connectivity index (χ1) is 5.97. The average Bonchev–Trinajstić information content (AvgIpc) is 2.00. The summed E-state index contributed by atoms with van der Waals surface area (Å²) >= 11 is 0. The molecule has 1 rings (SSSR count). The van der Waals surface area contributed by atoms with E-state index in [1.807, 2.05) is 0 Å². The van der Waals surface area contributed by atoms with Crippen LogP contribution in [0.15, 0.2) is 29.7 Å². The molecule has 1 aromatic carbocycles. The Kier molecular flexibility index (Phi) is 2.69. The normalized spacial score (nSPS) is 12.1. The fraction of sp³-hybridized carbons (Fsp3) is 0. The molecule has 0 atom stereocenters. The molecule has 0 unspecified atom stereocenters. The van der Waals surface area contributed by atoms with Crippen molar-refractivity contribution < 1.29 is 18.1 Å². The van der Waals surface area contributed by atoms with Crippen molar-refractivity contribution in [1.29, 1.82) is 0 Å². The van der Waals surface area contributed by atoms with Crippen LogP contribution in [0.2, 0.25) is 0 Å². The van der Waals surface area contributed by atoms with Crippen molar-refractivity contribution in [3.63, 3.8) is 0 Å². The van der Waals surface area contributed by atoms with E-state index >= 15 is 0 Å². The van der Waals surface area contributed by atoms with E-state index in [1.165, 1.54) is 18.2 Å². The number of phenols is 1. The predicted molar refractivity (Wildman–Crippen MR) is 48.7 cm³/mol. The summed E-state index contributed by atoms with van der Waals surface area (Å²) in [5.74, 6) is 0.0393. The van der Waals surface area contributed by atoms with Crippen LogP contribution in [0.25, 0.3) is 6.08 Å². The van der Waals surface area contributed by atoms with Crippen LogP contribution in [-0.2, 0) is 10.1 Å². The number of benzene rings is 1. The van der Waals surface area contributed by atoms with Crippen LogP contribution in [0.5, 0.6) is 5.75 Å². The van der Waals surface area contributed by atoms with E-state index in [0.29, 0.717) is 11.0 Å². The number of aromatic hydroxyl groups is 1. The van der Waals surface area contributed by atoms with Gasteiger partial charge < -0.3 is 5.11 Å². The minimum absolute atomic E-state index is 0.0393. The maximum Gasteiger partial charge on any atom is 0.287 e. The molecule has 0 aliphatic carbocycles. The monoisotopic (exact) mass is 200 g/mol. The molecule has 4 nitrogen and oxygen atoms in total. The van der Waals surface area contributed by atoms with E-state index in [-0.39, 0.29) is 5.75 Å². The van der Waals surface area contributed by atoms with Gasteiger partial charge in [-0.1, -0.05) is 12.1 Å². The second-order valence-corrected chi connectivity index (χ2v) is 3.71. The van der Waals surface area contributed by atoms with Gasteiger partial charge in [0.1, 0.15) is 5.75 Å². The molecule has 1 aromatic rings. The molecule has 2 N–H and O–H groups in total. The van der Waals surface area contributed by atoms with Gasteiger partial charge in [0.2, 0.25) is 0 Å². The van der Waals surface area contributed by atoms with Crippen molar-refractivity contribution >= 4 is 16.2 Å². The highest BCUT2D eigenvalue weighted by Gasteiger charge is 1.95. The molecule has 0 fully saturated rings. The molecular formula is C8H8O4S. The second-order valence-electron chi connectivity index (χ2n) is 2.41. The summed E-state index contributed by atoms with van der Waals surface area (Å²) in [6, 6.07) is 6.01. The Morgan fingerprint density at radius 2 is 2.00 bits per heavy atom. The van der Waals surface area contributed by atoms with E-state index in [0.717, 1.165) is 0 Å². The Bertz CT molecular complexity index is 420. The van der Waals surface area contributed by atoms with Gasteiger partial charge in [-0.2, -0.15) is 8.42 Å². The summed E-state index contributed by atoms with van der Waals surface area (Å²) in [6.07, 6.45) is 1.19. The molecular weight excluding hydrogens is 192 g/mol. The van der Waals surface area contributed by atoms with Gasteiger partial charge in [0, 0.05) is 0 Å². The summed E-state index contributed by atoms with van der Waals surface area (Å²) in [5, 5.41) is 9.65. The SMILES string of the molecule is O=S(=O)(O)C=Cc1cccc(O)c1. The fourth-order valence-electron chi connectivity index (χ4n) is 0.793. The maximum atomic E-state index is 10.3. The van der Waals surface area contributed by atoms with Gasteiger partial charge in [-0.15, -0.1) is 0 Å². The van der Waals surface area contributed by atoms with Crippen molar-refractivity contribution in [3.8, 4) is 5.75 Å². The Balaban J connectivity index is 2.93. The van der Waals surface area contributed by atoms with E-state index in [1.54, 1.807) is 12.1 Å². The predicted octanol–water partition coefficient (Wildman–Crippen LogP) is 1.25. The second kappa shape index (κ2) is 3.59. The third kappa shape index (κ3) is 3.73. The summed E-state index contributed by atoms with van der Waals surface area (Å²) in [4.78, 5) is 0. The standard InChI is InChI=1S/C8H8O4S/c9-8-3-1-2-7(6-8)4-5-13(10,11)12/h1-6,9H,(H,10,11,12). The van der Waals surface area contributed by atoms with Crippen LogP contribution in [0.3, 0.4) is 0 Å². The number of hydrogen-bond acceptors (Lipinski definition) is 3. The average molecular weight is 200 g/mol. The van der Waals surface area contributed by atoms with Crippen molar-refractivity contribution in [2.75, 3.05) is 0 Å². The van der Waals surface area contributed by atoms with Crippen molar-refractivity contribution in [1.82, 2.24) is 0 Å². The largest absolute Gasteiger partial charge is 0.508 e. The number of rotatable bonds is 2. The molecule has 0 spiro atoms. The Hall–Kier alpha value is -1.33. The Labute approximate surface area is 75.9 Å². The lowest BCUT2D eigenvalue weighted by Gasteiger charge is -1.93. The minimum Gasteiger partial charge on any atom is -0.508 e. The molecule has 0 heterocycles. The van der Waals surface area contributed by atoms with Gasteiger partial charge in [0.05, 0.1) is 5.41 Å². The molecule has 0 aliphatic rings. The highest BCUT2D eigenvalue weighted by Crippen LogP contribution is 2.12. The molecule has 0 aliphatic heterocycles. The quantitative estimate of drug-likeness (QED) is 0.704.